The largest absolute Gasteiger partial charge is 0.356 e. The average molecular weight is 263 g/mol. The molecule has 1 aromatic heterocycles. The van der Waals surface area contributed by atoms with Gasteiger partial charge in [0.05, 0.1) is 0 Å². The van der Waals surface area contributed by atoms with E-state index in [9.17, 15) is 0 Å². The molecule has 3 N–H and O–H groups in total. The molecule has 2 heterocycles. The molecule has 0 unspecified atom stereocenters. The van der Waals surface area contributed by atoms with E-state index in [1.165, 1.54) is 19.3 Å². The van der Waals surface area contributed by atoms with Crippen molar-refractivity contribution in [3.05, 3.63) is 11.9 Å². The van der Waals surface area contributed by atoms with E-state index in [1.54, 1.807) is 6.33 Å². The predicted octanol–water partition coefficient (Wildman–Crippen LogP) is 2.34. The molecule has 0 aliphatic carbocycles. The van der Waals surface area contributed by atoms with Crippen LogP contribution in [-0.4, -0.2) is 23.1 Å². The molecule has 106 valence electrons. The average Bonchev–Trinajstić information content (AvgIpc) is 2.47. The summed E-state index contributed by atoms with van der Waals surface area (Å²) in [4.78, 5) is 11.0. The Kier molecular flexibility index (Phi) is 4.24. The van der Waals surface area contributed by atoms with Gasteiger partial charge in [0.25, 0.3) is 0 Å². The van der Waals surface area contributed by atoms with Crippen LogP contribution in [0.25, 0.3) is 0 Å². The van der Waals surface area contributed by atoms with E-state index >= 15 is 0 Å². The number of hydrazine groups is 1. The van der Waals surface area contributed by atoms with Gasteiger partial charge in [-0.1, -0.05) is 27.2 Å². The summed E-state index contributed by atoms with van der Waals surface area (Å²) in [7, 11) is 0. The Balaban J connectivity index is 2.20. The van der Waals surface area contributed by atoms with Crippen LogP contribution >= 0.6 is 0 Å². The molecule has 1 aliphatic rings. The fourth-order valence-corrected chi connectivity index (χ4v) is 2.74. The lowest BCUT2D eigenvalue weighted by Gasteiger charge is -2.40. The highest BCUT2D eigenvalue weighted by molar-refractivity contribution is 5.58. The third-order valence-electron chi connectivity index (χ3n) is 4.54. The van der Waals surface area contributed by atoms with E-state index in [2.05, 4.69) is 41.1 Å². The number of nitrogens with two attached hydrogens (primary N) is 1. The maximum absolute atomic E-state index is 5.53. The molecule has 0 radical (unpaired) electrons. The second-order valence-electron chi connectivity index (χ2n) is 5.67. The molecule has 0 saturated carbocycles. The predicted molar refractivity (Wildman–Crippen MR) is 79.1 cm³/mol. The zero-order valence-electron chi connectivity index (χ0n) is 12.2. The topological polar surface area (TPSA) is 67.1 Å². The first kappa shape index (κ1) is 14.1. The van der Waals surface area contributed by atoms with Crippen molar-refractivity contribution in [2.75, 3.05) is 23.4 Å². The highest BCUT2D eigenvalue weighted by Crippen LogP contribution is 2.36. The Labute approximate surface area is 115 Å². The van der Waals surface area contributed by atoms with Crippen molar-refractivity contribution in [1.29, 1.82) is 0 Å². The molecule has 0 aromatic carbocycles. The summed E-state index contributed by atoms with van der Waals surface area (Å²) < 4.78 is 0. The monoisotopic (exact) mass is 263 g/mol. The highest BCUT2D eigenvalue weighted by atomic mass is 15.3. The van der Waals surface area contributed by atoms with Gasteiger partial charge in [-0.25, -0.2) is 15.8 Å². The van der Waals surface area contributed by atoms with Gasteiger partial charge >= 0.3 is 0 Å². The second kappa shape index (κ2) is 5.74. The van der Waals surface area contributed by atoms with Crippen LogP contribution in [-0.2, 0) is 6.42 Å². The molecule has 19 heavy (non-hydrogen) atoms. The summed E-state index contributed by atoms with van der Waals surface area (Å²) >= 11 is 0. The summed E-state index contributed by atoms with van der Waals surface area (Å²) in [6.07, 6.45) is 6.18. The fraction of sp³-hybridized carbons (Fsp3) is 0.714. The van der Waals surface area contributed by atoms with Crippen molar-refractivity contribution >= 4 is 11.6 Å². The van der Waals surface area contributed by atoms with Crippen LogP contribution in [0, 0.1) is 5.41 Å². The summed E-state index contributed by atoms with van der Waals surface area (Å²) in [6, 6.07) is 0. The lowest BCUT2D eigenvalue weighted by Crippen LogP contribution is -2.39. The van der Waals surface area contributed by atoms with Gasteiger partial charge in [0.2, 0.25) is 0 Å². The molecule has 5 heteroatoms. The molecule has 2 rings (SSSR count). The van der Waals surface area contributed by atoms with Gasteiger partial charge in [-0.05, 0) is 24.7 Å². The van der Waals surface area contributed by atoms with Gasteiger partial charge in [-0.15, -0.1) is 0 Å². The molecule has 1 aromatic rings. The van der Waals surface area contributed by atoms with Gasteiger partial charge in [-0.2, -0.15) is 0 Å². The van der Waals surface area contributed by atoms with E-state index in [1.807, 2.05) is 0 Å². The van der Waals surface area contributed by atoms with Crippen molar-refractivity contribution < 1.29 is 0 Å². The quantitative estimate of drug-likeness (QED) is 0.644. The highest BCUT2D eigenvalue weighted by Gasteiger charge is 2.29. The third-order valence-corrected chi connectivity index (χ3v) is 4.54. The van der Waals surface area contributed by atoms with Crippen LogP contribution in [0.3, 0.4) is 0 Å². The maximum Gasteiger partial charge on any atom is 0.148 e. The second-order valence-corrected chi connectivity index (χ2v) is 5.67. The number of anilines is 2. The molecular weight excluding hydrogens is 238 g/mol. The Morgan fingerprint density at radius 3 is 2.53 bits per heavy atom. The molecule has 0 spiro atoms. The number of hydrogen-bond acceptors (Lipinski definition) is 5. The number of nitrogens with zero attached hydrogens (tertiary/aromatic N) is 3. The molecule has 1 aliphatic heterocycles. The molecule has 1 fully saturated rings. The normalized spacial score (nSPS) is 18.4. The van der Waals surface area contributed by atoms with E-state index in [0.29, 0.717) is 5.41 Å². The van der Waals surface area contributed by atoms with Crippen LogP contribution in [0.5, 0.6) is 0 Å². The first-order valence-electron chi connectivity index (χ1n) is 7.19. The summed E-state index contributed by atoms with van der Waals surface area (Å²) in [5.74, 6) is 7.32. The minimum absolute atomic E-state index is 0.491. The van der Waals surface area contributed by atoms with Crippen LogP contribution in [0.2, 0.25) is 0 Å². The lowest BCUT2D eigenvalue weighted by atomic mass is 9.78. The smallest absolute Gasteiger partial charge is 0.148 e. The Bertz CT molecular complexity index is 424. The number of nitrogens with one attached hydrogen (secondary N) is 1. The minimum Gasteiger partial charge on any atom is -0.356 e. The Hall–Kier alpha value is -1.36. The minimum atomic E-state index is 0.491. The lowest BCUT2D eigenvalue weighted by molar-refractivity contribution is 0.237. The van der Waals surface area contributed by atoms with Crippen LogP contribution in [0.4, 0.5) is 11.6 Å². The molecule has 0 amide bonds. The number of aromatic nitrogens is 2. The van der Waals surface area contributed by atoms with Crippen LogP contribution in [0.15, 0.2) is 6.33 Å². The maximum atomic E-state index is 5.53. The van der Waals surface area contributed by atoms with Crippen molar-refractivity contribution in [3.8, 4) is 0 Å². The van der Waals surface area contributed by atoms with Gasteiger partial charge in [0, 0.05) is 18.7 Å². The van der Waals surface area contributed by atoms with E-state index in [0.717, 1.165) is 36.7 Å². The van der Waals surface area contributed by atoms with Crippen molar-refractivity contribution in [2.45, 2.75) is 46.5 Å². The Morgan fingerprint density at radius 1 is 1.32 bits per heavy atom. The summed E-state index contributed by atoms with van der Waals surface area (Å²) in [5, 5.41) is 0. The zero-order valence-corrected chi connectivity index (χ0v) is 12.2. The van der Waals surface area contributed by atoms with E-state index in [4.69, 9.17) is 5.84 Å². The summed E-state index contributed by atoms with van der Waals surface area (Å²) in [5.41, 5.74) is 4.28. The number of hydrogen-bond donors (Lipinski definition) is 2. The van der Waals surface area contributed by atoms with E-state index in [-0.39, 0.29) is 0 Å². The third kappa shape index (κ3) is 2.81. The first-order valence-corrected chi connectivity index (χ1v) is 7.19. The molecule has 5 nitrogen and oxygen atoms in total. The fourth-order valence-electron chi connectivity index (χ4n) is 2.74. The number of nitrogen functional groups attached to an aromatic ring is 1. The van der Waals surface area contributed by atoms with Gasteiger partial charge < -0.3 is 10.3 Å². The standard InChI is InChI=1S/C14H25N5/c1-4-11-12(18-15)16-10-17-13(11)19-8-6-14(3,5-2)7-9-19/h10H,4-9,15H2,1-3H3,(H,16,17,18). The molecule has 0 bridgehead atoms. The van der Waals surface area contributed by atoms with Gasteiger partial charge in [0.1, 0.15) is 18.0 Å². The summed E-state index contributed by atoms with van der Waals surface area (Å²) in [6.45, 7) is 8.92. The number of piperidine rings is 1. The molecule has 0 atom stereocenters. The first-order chi connectivity index (χ1) is 9.13. The van der Waals surface area contributed by atoms with Crippen LogP contribution in [0.1, 0.15) is 45.6 Å². The zero-order chi connectivity index (χ0) is 13.9. The van der Waals surface area contributed by atoms with E-state index < -0.39 is 0 Å². The Morgan fingerprint density at radius 2 is 2.00 bits per heavy atom. The van der Waals surface area contributed by atoms with Crippen molar-refractivity contribution in [3.63, 3.8) is 0 Å². The van der Waals surface area contributed by atoms with Gasteiger partial charge in [-0.3, -0.25) is 0 Å². The molecular formula is C14H25N5. The van der Waals surface area contributed by atoms with Crippen LogP contribution < -0.4 is 16.2 Å². The van der Waals surface area contributed by atoms with Crippen molar-refractivity contribution in [1.82, 2.24) is 9.97 Å². The molecule has 1 saturated heterocycles. The van der Waals surface area contributed by atoms with Gasteiger partial charge in [0.15, 0.2) is 0 Å². The van der Waals surface area contributed by atoms with Crippen molar-refractivity contribution in [2.24, 2.45) is 11.3 Å². The SMILES string of the molecule is CCc1c(NN)ncnc1N1CCC(C)(CC)CC1. The number of rotatable bonds is 4.